The Morgan fingerprint density at radius 1 is 1.19 bits per heavy atom. The Morgan fingerprint density at radius 2 is 1.85 bits per heavy atom. The molecule has 0 aromatic heterocycles. The summed E-state index contributed by atoms with van der Waals surface area (Å²) in [7, 11) is -3.64. The van der Waals surface area contributed by atoms with Crippen LogP contribution >= 0.6 is 12.4 Å². The van der Waals surface area contributed by atoms with E-state index in [0.717, 1.165) is 32.4 Å². The number of sulfonamides is 1. The van der Waals surface area contributed by atoms with Gasteiger partial charge in [-0.25, -0.2) is 13.1 Å². The van der Waals surface area contributed by atoms with E-state index in [1.807, 2.05) is 0 Å². The van der Waals surface area contributed by atoms with Crippen LogP contribution in [0, 0.1) is 5.41 Å². The predicted octanol–water partition coefficient (Wildman–Crippen LogP) is -0.156. The number of nitrogens with one attached hydrogen (secondary N) is 3. The first-order valence-corrected chi connectivity index (χ1v) is 10.6. The fourth-order valence-electron chi connectivity index (χ4n) is 3.45. The molecular formula is C16H31ClN4O4S. The van der Waals surface area contributed by atoms with E-state index in [-0.39, 0.29) is 49.0 Å². The second kappa shape index (κ2) is 9.87. The van der Waals surface area contributed by atoms with Gasteiger partial charge >= 0.3 is 0 Å². The Balaban J connectivity index is 0.00000338. The van der Waals surface area contributed by atoms with Crippen molar-refractivity contribution in [2.75, 3.05) is 38.5 Å². The van der Waals surface area contributed by atoms with Crippen LogP contribution in [-0.2, 0) is 19.6 Å². The molecule has 10 heteroatoms. The zero-order valence-corrected chi connectivity index (χ0v) is 17.2. The topological polar surface area (TPSA) is 108 Å². The second-order valence-corrected chi connectivity index (χ2v) is 9.35. The van der Waals surface area contributed by atoms with Gasteiger partial charge in [0.1, 0.15) is 0 Å². The molecule has 152 valence electrons. The Hall–Kier alpha value is -0.900. The predicted molar refractivity (Wildman–Crippen MR) is 103 cm³/mol. The van der Waals surface area contributed by atoms with Gasteiger partial charge in [0.05, 0.1) is 12.3 Å². The van der Waals surface area contributed by atoms with Gasteiger partial charge in [0.25, 0.3) is 0 Å². The van der Waals surface area contributed by atoms with E-state index >= 15 is 0 Å². The number of likely N-dealkylation sites (tertiary alicyclic amines) is 1. The molecule has 1 spiro atoms. The molecule has 2 saturated heterocycles. The number of carbonyl (C=O) groups is 2. The molecule has 0 saturated carbocycles. The molecule has 0 bridgehead atoms. The summed E-state index contributed by atoms with van der Waals surface area (Å²) in [6, 6.07) is -0.0453. The molecule has 3 N–H and O–H groups in total. The third-order valence-electron chi connectivity index (χ3n) is 5.00. The summed E-state index contributed by atoms with van der Waals surface area (Å²) in [4.78, 5) is 25.5. The number of nitrogens with zero attached hydrogens (tertiary/aromatic N) is 1. The monoisotopic (exact) mass is 410 g/mol. The molecule has 0 aliphatic carbocycles. The number of hydrogen-bond acceptors (Lipinski definition) is 5. The summed E-state index contributed by atoms with van der Waals surface area (Å²) in [5.74, 6) is -0.793. The van der Waals surface area contributed by atoms with Gasteiger partial charge in [0.15, 0.2) is 0 Å². The quantitative estimate of drug-likeness (QED) is 0.540. The molecular weight excluding hydrogens is 380 g/mol. The average Bonchev–Trinajstić information content (AvgIpc) is 2.99. The lowest BCUT2D eigenvalue weighted by Gasteiger charge is -2.38. The molecule has 0 radical (unpaired) electrons. The molecule has 2 rings (SSSR count). The minimum Gasteiger partial charge on any atom is -0.353 e. The van der Waals surface area contributed by atoms with Crippen LogP contribution in [0.15, 0.2) is 0 Å². The number of carbonyl (C=O) groups excluding carboxylic acids is 2. The zero-order chi connectivity index (χ0) is 18.5. The third kappa shape index (κ3) is 7.02. The third-order valence-corrected chi connectivity index (χ3v) is 6.32. The maximum Gasteiger partial charge on any atom is 0.235 e. The van der Waals surface area contributed by atoms with Crippen LogP contribution in [0.3, 0.4) is 0 Å². The maximum atomic E-state index is 12.3. The van der Waals surface area contributed by atoms with E-state index in [1.54, 1.807) is 18.7 Å². The molecule has 0 unspecified atom stereocenters. The molecule has 0 aromatic rings. The number of amides is 2. The highest BCUT2D eigenvalue weighted by atomic mass is 35.5. The Labute approximate surface area is 162 Å². The van der Waals surface area contributed by atoms with E-state index in [9.17, 15) is 18.0 Å². The van der Waals surface area contributed by atoms with E-state index in [1.165, 1.54) is 0 Å². The number of halogens is 1. The van der Waals surface area contributed by atoms with Crippen LogP contribution in [0.25, 0.3) is 0 Å². The van der Waals surface area contributed by atoms with E-state index in [4.69, 9.17) is 0 Å². The van der Waals surface area contributed by atoms with Crippen LogP contribution in [0.4, 0.5) is 0 Å². The molecule has 2 fully saturated rings. The van der Waals surface area contributed by atoms with Gasteiger partial charge in [-0.15, -0.1) is 12.4 Å². The molecule has 8 nitrogen and oxygen atoms in total. The standard InChI is InChI=1S/C16H30N4O4S.ClH/c1-13(2)19-14(21)11-18-25(23,24)10-3-15(22)20-8-5-16(6-9-20)4-7-17-12-16;/h13,17-18H,3-12H2,1-2H3,(H,19,21);1H. The maximum absolute atomic E-state index is 12.3. The van der Waals surface area contributed by atoms with E-state index < -0.39 is 10.0 Å². The van der Waals surface area contributed by atoms with Crippen LogP contribution < -0.4 is 15.4 Å². The first-order chi connectivity index (χ1) is 11.7. The Kier molecular flexibility index (Phi) is 8.78. The van der Waals surface area contributed by atoms with Crippen LogP contribution in [0.1, 0.15) is 39.5 Å². The van der Waals surface area contributed by atoms with Crippen molar-refractivity contribution in [2.45, 2.75) is 45.6 Å². The van der Waals surface area contributed by atoms with Gasteiger partial charge in [0, 0.05) is 32.1 Å². The van der Waals surface area contributed by atoms with Crippen molar-refractivity contribution in [3.63, 3.8) is 0 Å². The van der Waals surface area contributed by atoms with Gasteiger partial charge in [-0.05, 0) is 45.1 Å². The first-order valence-electron chi connectivity index (χ1n) is 8.97. The van der Waals surface area contributed by atoms with Crippen molar-refractivity contribution in [1.29, 1.82) is 0 Å². The highest BCUT2D eigenvalue weighted by Gasteiger charge is 2.38. The highest BCUT2D eigenvalue weighted by molar-refractivity contribution is 7.89. The van der Waals surface area contributed by atoms with Gasteiger partial charge in [-0.3, -0.25) is 9.59 Å². The van der Waals surface area contributed by atoms with Crippen molar-refractivity contribution >= 4 is 34.2 Å². The summed E-state index contributed by atoms with van der Waals surface area (Å²) in [6.07, 6.45) is 3.07. The fourth-order valence-corrected chi connectivity index (χ4v) is 4.39. The molecule has 2 heterocycles. The lowest BCUT2D eigenvalue weighted by Crippen LogP contribution is -2.45. The Morgan fingerprint density at radius 3 is 2.38 bits per heavy atom. The van der Waals surface area contributed by atoms with Gasteiger partial charge in [-0.2, -0.15) is 0 Å². The van der Waals surface area contributed by atoms with Crippen molar-refractivity contribution < 1.29 is 18.0 Å². The number of hydrogen-bond donors (Lipinski definition) is 3. The lowest BCUT2D eigenvalue weighted by atomic mass is 9.78. The summed E-state index contributed by atoms with van der Waals surface area (Å²) < 4.78 is 26.1. The Bertz CT molecular complexity index is 581. The molecule has 26 heavy (non-hydrogen) atoms. The minimum absolute atomic E-state index is 0. The SMILES string of the molecule is CC(C)NC(=O)CNS(=O)(=O)CCC(=O)N1CCC2(CCNC2)CC1.Cl. The average molecular weight is 411 g/mol. The normalized spacial score (nSPS) is 19.4. The summed E-state index contributed by atoms with van der Waals surface area (Å²) in [5, 5.41) is 5.99. The minimum atomic E-state index is -3.64. The number of rotatable bonds is 7. The highest BCUT2D eigenvalue weighted by Crippen LogP contribution is 2.36. The van der Waals surface area contributed by atoms with Crippen molar-refractivity contribution in [1.82, 2.24) is 20.3 Å². The van der Waals surface area contributed by atoms with Crippen LogP contribution in [0.5, 0.6) is 0 Å². The smallest absolute Gasteiger partial charge is 0.235 e. The van der Waals surface area contributed by atoms with Crippen molar-refractivity contribution in [2.24, 2.45) is 5.41 Å². The first kappa shape index (κ1) is 23.1. The summed E-state index contributed by atoms with van der Waals surface area (Å²) in [6.45, 7) is 6.77. The number of piperidine rings is 1. The van der Waals surface area contributed by atoms with Gasteiger partial charge < -0.3 is 15.5 Å². The lowest BCUT2D eigenvalue weighted by molar-refractivity contribution is -0.133. The zero-order valence-electron chi connectivity index (χ0n) is 15.5. The van der Waals surface area contributed by atoms with Crippen LogP contribution in [0.2, 0.25) is 0 Å². The van der Waals surface area contributed by atoms with Crippen molar-refractivity contribution in [3.8, 4) is 0 Å². The van der Waals surface area contributed by atoms with Gasteiger partial charge in [0.2, 0.25) is 21.8 Å². The largest absolute Gasteiger partial charge is 0.353 e. The van der Waals surface area contributed by atoms with E-state index in [0.29, 0.717) is 18.5 Å². The van der Waals surface area contributed by atoms with Gasteiger partial charge in [-0.1, -0.05) is 0 Å². The molecule has 2 amide bonds. The van der Waals surface area contributed by atoms with Crippen molar-refractivity contribution in [3.05, 3.63) is 0 Å². The fraction of sp³-hybridized carbons (Fsp3) is 0.875. The molecule has 0 aromatic carbocycles. The van der Waals surface area contributed by atoms with Crippen LogP contribution in [-0.4, -0.2) is 69.7 Å². The second-order valence-electron chi connectivity index (χ2n) is 7.42. The van der Waals surface area contributed by atoms with E-state index in [2.05, 4.69) is 15.4 Å². The summed E-state index contributed by atoms with van der Waals surface area (Å²) in [5.41, 5.74) is 0.328. The molecule has 2 aliphatic heterocycles. The summed E-state index contributed by atoms with van der Waals surface area (Å²) >= 11 is 0. The molecule has 2 aliphatic rings. The molecule has 0 atom stereocenters.